The number of halogens is 1. The Hall–Kier alpha value is -1.77. The summed E-state index contributed by atoms with van der Waals surface area (Å²) in [6.45, 7) is 14.1. The number of ether oxygens (including phenoxy) is 2. The van der Waals surface area contributed by atoms with Gasteiger partial charge in [-0.2, -0.15) is 0 Å². The van der Waals surface area contributed by atoms with Gasteiger partial charge in [-0.1, -0.05) is 13.8 Å². The Bertz CT molecular complexity index is 662. The molecule has 1 aliphatic heterocycles. The molecule has 0 bridgehead atoms. The molecule has 2 nitrogen and oxygen atoms in total. The van der Waals surface area contributed by atoms with Crippen molar-refractivity contribution in [2.24, 2.45) is 5.92 Å². The van der Waals surface area contributed by atoms with Crippen LogP contribution in [0.25, 0.3) is 11.1 Å². The average molecular weight is 318 g/mol. The minimum atomic E-state index is -0.363. The lowest BCUT2D eigenvalue weighted by molar-refractivity contribution is 0.156. The molecule has 0 atom stereocenters. The van der Waals surface area contributed by atoms with Crippen molar-refractivity contribution in [3.63, 3.8) is 0 Å². The first kappa shape index (κ1) is 17.6. The van der Waals surface area contributed by atoms with Gasteiger partial charge in [0.2, 0.25) is 0 Å². The van der Waals surface area contributed by atoms with Crippen molar-refractivity contribution in [1.82, 2.24) is 0 Å². The third-order valence-corrected chi connectivity index (χ3v) is 4.11. The van der Waals surface area contributed by atoms with Crippen molar-refractivity contribution in [3.8, 4) is 11.5 Å². The first-order chi connectivity index (χ1) is 10.7. The Morgan fingerprint density at radius 3 is 2.43 bits per heavy atom. The fourth-order valence-electron chi connectivity index (χ4n) is 2.87. The number of hydrogen-bond donors (Lipinski definition) is 0. The third kappa shape index (κ3) is 3.60. The fourth-order valence-corrected chi connectivity index (χ4v) is 2.87. The van der Waals surface area contributed by atoms with E-state index in [2.05, 4.69) is 19.9 Å². The largest absolute Gasteiger partial charge is 0.493 e. The fraction of sp³-hybridized carbons (Fsp3) is 0.500. The molecule has 3 heteroatoms. The molecule has 1 aromatic carbocycles. The molecule has 0 saturated carbocycles. The van der Waals surface area contributed by atoms with Crippen molar-refractivity contribution in [2.45, 2.75) is 54.1 Å². The van der Waals surface area contributed by atoms with E-state index in [0.29, 0.717) is 23.8 Å². The molecular weight excluding hydrogens is 291 g/mol. The SMILES string of the molecule is CCOc1cc2c(cc1/C(C)=C(\C)F)C(C(C)C)=CC(C)(C)O2. The lowest BCUT2D eigenvalue weighted by atomic mass is 9.86. The molecule has 0 N–H and O–H groups in total. The molecule has 0 spiro atoms. The number of rotatable bonds is 4. The van der Waals surface area contributed by atoms with Crippen molar-refractivity contribution in [2.75, 3.05) is 6.61 Å². The van der Waals surface area contributed by atoms with Crippen LogP contribution in [0.3, 0.4) is 0 Å². The van der Waals surface area contributed by atoms with Crippen LogP contribution in [0.15, 0.2) is 24.0 Å². The summed E-state index contributed by atoms with van der Waals surface area (Å²) >= 11 is 0. The predicted molar refractivity (Wildman–Crippen MR) is 94.5 cm³/mol. The Kier molecular flexibility index (Phi) is 4.88. The number of allylic oxidation sites excluding steroid dienone is 3. The number of hydrogen-bond acceptors (Lipinski definition) is 2. The summed E-state index contributed by atoms with van der Waals surface area (Å²) in [6, 6.07) is 3.90. The summed E-state index contributed by atoms with van der Waals surface area (Å²) in [5, 5.41) is 0. The molecular formula is C20H27FO2. The standard InChI is InChI=1S/C20H27FO2/c1-8-22-18-10-19-16(9-15(18)13(4)14(5)21)17(12(2)3)11-20(6,7)23-19/h9-12H,8H2,1-7H3/b14-13+. The molecule has 1 heterocycles. The van der Waals surface area contributed by atoms with E-state index in [1.807, 2.05) is 32.9 Å². The molecule has 2 rings (SSSR count). The van der Waals surface area contributed by atoms with Crippen LogP contribution >= 0.6 is 0 Å². The van der Waals surface area contributed by atoms with E-state index in [9.17, 15) is 4.39 Å². The highest BCUT2D eigenvalue weighted by molar-refractivity contribution is 5.81. The van der Waals surface area contributed by atoms with Gasteiger partial charge >= 0.3 is 0 Å². The van der Waals surface area contributed by atoms with E-state index >= 15 is 0 Å². The smallest absolute Gasteiger partial charge is 0.131 e. The highest BCUT2D eigenvalue weighted by Gasteiger charge is 2.29. The zero-order valence-corrected chi connectivity index (χ0v) is 15.2. The molecule has 23 heavy (non-hydrogen) atoms. The topological polar surface area (TPSA) is 18.5 Å². The van der Waals surface area contributed by atoms with E-state index in [1.54, 1.807) is 6.92 Å². The molecule has 0 amide bonds. The average Bonchev–Trinajstić information content (AvgIpc) is 2.44. The predicted octanol–water partition coefficient (Wildman–Crippen LogP) is 6.02. The Labute approximate surface area is 139 Å². The van der Waals surface area contributed by atoms with Gasteiger partial charge in [0.15, 0.2) is 0 Å². The van der Waals surface area contributed by atoms with Gasteiger partial charge in [-0.05, 0) is 63.8 Å². The van der Waals surface area contributed by atoms with Crippen molar-refractivity contribution < 1.29 is 13.9 Å². The second-order valence-electron chi connectivity index (χ2n) is 6.90. The lowest BCUT2D eigenvalue weighted by Crippen LogP contribution is -2.29. The third-order valence-electron chi connectivity index (χ3n) is 4.11. The Morgan fingerprint density at radius 2 is 1.91 bits per heavy atom. The van der Waals surface area contributed by atoms with Gasteiger partial charge in [0.25, 0.3) is 0 Å². The second-order valence-corrected chi connectivity index (χ2v) is 6.90. The monoisotopic (exact) mass is 318 g/mol. The van der Waals surface area contributed by atoms with E-state index in [4.69, 9.17) is 9.47 Å². The second kappa shape index (κ2) is 6.38. The van der Waals surface area contributed by atoms with E-state index in [0.717, 1.165) is 16.9 Å². The quantitative estimate of drug-likeness (QED) is 0.676. The molecule has 0 radical (unpaired) electrons. The van der Waals surface area contributed by atoms with Crippen LogP contribution in [-0.2, 0) is 0 Å². The van der Waals surface area contributed by atoms with Crippen molar-refractivity contribution in [1.29, 1.82) is 0 Å². The van der Waals surface area contributed by atoms with E-state index in [-0.39, 0.29) is 11.4 Å². The minimum absolute atomic E-state index is 0.196. The summed E-state index contributed by atoms with van der Waals surface area (Å²) in [5.74, 6) is 1.63. The van der Waals surface area contributed by atoms with Crippen LogP contribution in [-0.4, -0.2) is 12.2 Å². The van der Waals surface area contributed by atoms with Gasteiger partial charge in [-0.25, -0.2) is 4.39 Å². The van der Waals surface area contributed by atoms with Gasteiger partial charge in [0.05, 0.1) is 6.61 Å². The molecule has 0 fully saturated rings. The lowest BCUT2D eigenvalue weighted by Gasteiger charge is -2.33. The highest BCUT2D eigenvalue weighted by atomic mass is 19.1. The maximum absolute atomic E-state index is 13.8. The van der Waals surface area contributed by atoms with Crippen LogP contribution in [0.4, 0.5) is 4.39 Å². The molecule has 0 unspecified atom stereocenters. The number of benzene rings is 1. The molecule has 126 valence electrons. The molecule has 0 saturated heterocycles. The van der Waals surface area contributed by atoms with Gasteiger partial charge in [0, 0.05) is 17.2 Å². The van der Waals surface area contributed by atoms with Crippen LogP contribution in [0.1, 0.15) is 59.6 Å². The van der Waals surface area contributed by atoms with Gasteiger partial charge in [-0.3, -0.25) is 0 Å². The molecule has 1 aliphatic rings. The van der Waals surface area contributed by atoms with Crippen LogP contribution in [0, 0.1) is 5.92 Å². The Morgan fingerprint density at radius 1 is 1.26 bits per heavy atom. The van der Waals surface area contributed by atoms with Crippen LogP contribution in [0.5, 0.6) is 11.5 Å². The highest BCUT2D eigenvalue weighted by Crippen LogP contribution is 2.44. The summed E-state index contributed by atoms with van der Waals surface area (Å²) in [5.41, 5.74) is 3.28. The summed E-state index contributed by atoms with van der Waals surface area (Å²) in [7, 11) is 0. The van der Waals surface area contributed by atoms with Gasteiger partial charge in [0.1, 0.15) is 22.9 Å². The van der Waals surface area contributed by atoms with Gasteiger partial charge < -0.3 is 9.47 Å². The van der Waals surface area contributed by atoms with Crippen LogP contribution in [0.2, 0.25) is 0 Å². The first-order valence-corrected chi connectivity index (χ1v) is 8.22. The summed E-state index contributed by atoms with van der Waals surface area (Å²) < 4.78 is 25.6. The van der Waals surface area contributed by atoms with E-state index < -0.39 is 0 Å². The maximum Gasteiger partial charge on any atom is 0.131 e. The summed E-state index contributed by atoms with van der Waals surface area (Å²) in [6.07, 6.45) is 2.16. The van der Waals surface area contributed by atoms with Crippen molar-refractivity contribution in [3.05, 3.63) is 35.2 Å². The minimum Gasteiger partial charge on any atom is -0.493 e. The summed E-state index contributed by atoms with van der Waals surface area (Å²) in [4.78, 5) is 0. The number of fused-ring (bicyclic) bond motifs is 1. The molecule has 0 aliphatic carbocycles. The Balaban J connectivity index is 2.71. The normalized spacial score (nSPS) is 17.2. The first-order valence-electron chi connectivity index (χ1n) is 8.22. The van der Waals surface area contributed by atoms with Gasteiger partial charge in [-0.15, -0.1) is 0 Å². The zero-order chi connectivity index (χ0) is 17.4. The zero-order valence-electron chi connectivity index (χ0n) is 15.2. The molecule has 1 aromatic rings. The van der Waals surface area contributed by atoms with Crippen molar-refractivity contribution >= 4 is 11.1 Å². The molecule has 0 aromatic heterocycles. The maximum atomic E-state index is 13.8. The van der Waals surface area contributed by atoms with Crippen LogP contribution < -0.4 is 9.47 Å². The van der Waals surface area contributed by atoms with E-state index in [1.165, 1.54) is 12.5 Å².